The molecule has 7 saturated heterocycles. The molecule has 2 spiro atoms. The third-order valence-electron chi connectivity index (χ3n) is 13.4. The second-order valence-corrected chi connectivity index (χ2v) is 16.3. The van der Waals surface area contributed by atoms with Crippen LogP contribution in [0.3, 0.4) is 0 Å². The SMILES string of the molecule is C/C(=N/[C@@]1(C(F)(F)F)O[C@@H]2O[C@]3(C)CCC4[C@H](C)CC[C@@H]([C@H]1C)C42OO3)OCC1=C(C(F)(F)F)O[C@@H]2O[C@]3(C)CCC4[C@H](C)CC[C@@H]1C42OO3. The molecule has 2 aliphatic carbocycles. The summed E-state index contributed by atoms with van der Waals surface area (Å²) in [6.45, 7) is 9.10. The van der Waals surface area contributed by atoms with Gasteiger partial charge in [-0.25, -0.2) is 24.5 Å². The highest BCUT2D eigenvalue weighted by Crippen LogP contribution is 2.65. The maximum atomic E-state index is 15.4. The molecule has 4 bridgehead atoms. The summed E-state index contributed by atoms with van der Waals surface area (Å²) in [5.74, 6) is -7.65. The van der Waals surface area contributed by atoms with Gasteiger partial charge in [0.15, 0.2) is 23.4 Å². The Morgan fingerprint density at radius 1 is 0.740 bits per heavy atom. The molecule has 50 heavy (non-hydrogen) atoms. The zero-order valence-electron chi connectivity index (χ0n) is 28.9. The normalized spacial score (nSPS) is 51.7. The number of fused-ring (bicyclic) bond motifs is 4. The number of halogens is 6. The molecule has 0 aromatic carbocycles. The topological polar surface area (TPSA) is 95.4 Å². The Balaban J connectivity index is 1.15. The van der Waals surface area contributed by atoms with Gasteiger partial charge < -0.3 is 23.7 Å². The third kappa shape index (κ3) is 4.83. The van der Waals surface area contributed by atoms with Gasteiger partial charge in [-0.05, 0) is 70.1 Å². The summed E-state index contributed by atoms with van der Waals surface area (Å²) in [4.78, 5) is 27.5. The fourth-order valence-electron chi connectivity index (χ4n) is 10.8. The highest BCUT2D eigenvalue weighted by atomic mass is 19.4. The summed E-state index contributed by atoms with van der Waals surface area (Å²) in [5, 5.41) is 0. The van der Waals surface area contributed by atoms with Crippen LogP contribution in [-0.2, 0) is 43.2 Å². The Morgan fingerprint density at radius 3 is 1.94 bits per heavy atom. The van der Waals surface area contributed by atoms with Gasteiger partial charge in [0, 0.05) is 49.0 Å². The van der Waals surface area contributed by atoms with Crippen LogP contribution in [0, 0.1) is 41.4 Å². The van der Waals surface area contributed by atoms with Crippen LogP contribution in [0.15, 0.2) is 16.3 Å². The van der Waals surface area contributed by atoms with Crippen LogP contribution in [0.2, 0.25) is 0 Å². The first-order chi connectivity index (χ1) is 23.3. The van der Waals surface area contributed by atoms with Gasteiger partial charge in [0.1, 0.15) is 6.61 Å². The Bertz CT molecular complexity index is 1460. The molecule has 16 heteroatoms. The van der Waals surface area contributed by atoms with E-state index in [1.807, 2.05) is 13.8 Å². The minimum atomic E-state index is -5.06. The van der Waals surface area contributed by atoms with Crippen LogP contribution in [0.1, 0.15) is 92.9 Å². The third-order valence-corrected chi connectivity index (χ3v) is 13.4. The van der Waals surface area contributed by atoms with Gasteiger partial charge in [0.25, 0.3) is 5.72 Å². The highest BCUT2D eigenvalue weighted by Gasteiger charge is 2.77. The minimum Gasteiger partial charge on any atom is -0.477 e. The van der Waals surface area contributed by atoms with Gasteiger partial charge in [0.2, 0.25) is 23.6 Å². The number of hydrogen-bond acceptors (Lipinski definition) is 10. The van der Waals surface area contributed by atoms with Gasteiger partial charge in [-0.1, -0.05) is 20.8 Å². The minimum absolute atomic E-state index is 0.0586. The fourth-order valence-corrected chi connectivity index (χ4v) is 10.8. The summed E-state index contributed by atoms with van der Waals surface area (Å²) in [7, 11) is 0. The molecule has 9 fully saturated rings. The van der Waals surface area contributed by atoms with Crippen LogP contribution < -0.4 is 0 Å². The molecular weight excluding hydrogens is 680 g/mol. The van der Waals surface area contributed by atoms with Crippen molar-refractivity contribution in [3.8, 4) is 0 Å². The van der Waals surface area contributed by atoms with Crippen molar-refractivity contribution >= 4 is 5.90 Å². The van der Waals surface area contributed by atoms with E-state index in [1.165, 1.54) is 13.8 Å². The molecule has 0 aromatic heterocycles. The lowest BCUT2D eigenvalue weighted by Crippen LogP contribution is -2.75. The quantitative estimate of drug-likeness (QED) is 0.126. The molecule has 10 nitrogen and oxygen atoms in total. The van der Waals surface area contributed by atoms with E-state index in [-0.39, 0.29) is 35.7 Å². The van der Waals surface area contributed by atoms with Crippen LogP contribution in [-0.4, -0.2) is 65.9 Å². The van der Waals surface area contributed by atoms with Crippen molar-refractivity contribution in [3.05, 3.63) is 11.3 Å². The number of alkyl halides is 6. The van der Waals surface area contributed by atoms with E-state index in [2.05, 4.69) is 4.99 Å². The fraction of sp³-hybridized carbons (Fsp3) is 0.912. The molecule has 8 aliphatic heterocycles. The van der Waals surface area contributed by atoms with E-state index in [0.717, 1.165) is 0 Å². The summed E-state index contributed by atoms with van der Waals surface area (Å²) in [6.07, 6.45) is -9.03. The standard InChI is InChI=1S/C34H45F6NO9/c1-16-7-9-23-18(3)32(34(38,39)40,46-27-30(23)21(16)11-14-29(6,45-27)48-49-30)41-19(4)42-15-20-24-10-8-17(2)22-12-13-28(5)44-26(31(22,24)50-47-28)43-25(20)33(35,36)37/h16-18,21-24,26-27H,7-15H2,1-6H3/b41-19-/t16-,17-,18-,21?,22?,23+,24+,26-,27+,28+,29+,30?,31?,32-/m1/s1. The molecule has 10 rings (SSSR count). The van der Waals surface area contributed by atoms with E-state index >= 15 is 13.2 Å². The molecule has 2 saturated carbocycles. The van der Waals surface area contributed by atoms with Crippen molar-refractivity contribution in [3.63, 3.8) is 0 Å². The molecular formula is C34H45F6NO9. The molecule has 14 atom stereocenters. The summed E-state index contributed by atoms with van der Waals surface area (Å²) in [5.41, 5.74) is -6.13. The Kier molecular flexibility index (Phi) is 7.90. The number of hydrogen-bond donors (Lipinski definition) is 0. The van der Waals surface area contributed by atoms with Crippen LogP contribution in [0.4, 0.5) is 26.3 Å². The molecule has 0 radical (unpaired) electrons. The number of ether oxygens (including phenoxy) is 5. The van der Waals surface area contributed by atoms with Crippen LogP contribution >= 0.6 is 0 Å². The van der Waals surface area contributed by atoms with E-state index in [1.54, 1.807) is 13.8 Å². The molecule has 0 N–H and O–H groups in total. The maximum Gasteiger partial charge on any atom is 0.449 e. The second kappa shape index (κ2) is 11.2. The molecule has 8 heterocycles. The van der Waals surface area contributed by atoms with Gasteiger partial charge >= 0.3 is 12.4 Å². The average molecular weight is 726 g/mol. The summed E-state index contributed by atoms with van der Waals surface area (Å²) >= 11 is 0. The number of allylic oxidation sites excluding steroid dienone is 1. The van der Waals surface area contributed by atoms with Crippen LogP contribution in [0.25, 0.3) is 0 Å². The highest BCUT2D eigenvalue weighted by molar-refractivity contribution is 5.74. The first kappa shape index (κ1) is 35.3. The Labute approximate surface area is 286 Å². The predicted octanol–water partition coefficient (Wildman–Crippen LogP) is 7.62. The average Bonchev–Trinajstić information content (AvgIpc) is 3.40. The molecule has 282 valence electrons. The van der Waals surface area contributed by atoms with Crippen molar-refractivity contribution < 1.29 is 69.6 Å². The second-order valence-electron chi connectivity index (χ2n) is 16.3. The first-order valence-corrected chi connectivity index (χ1v) is 17.8. The largest absolute Gasteiger partial charge is 0.477 e. The van der Waals surface area contributed by atoms with Gasteiger partial charge in [-0.15, -0.1) is 0 Å². The number of rotatable bonds is 3. The van der Waals surface area contributed by atoms with E-state index < -0.39 is 89.5 Å². The smallest absolute Gasteiger partial charge is 0.449 e. The van der Waals surface area contributed by atoms with Crippen molar-refractivity contribution in [2.45, 2.75) is 146 Å². The van der Waals surface area contributed by atoms with Crippen LogP contribution in [0.5, 0.6) is 0 Å². The lowest BCUT2D eigenvalue weighted by Gasteiger charge is -2.62. The molecule has 0 amide bonds. The lowest BCUT2D eigenvalue weighted by molar-refractivity contribution is -0.583. The molecule has 4 unspecified atom stereocenters. The molecule has 0 aromatic rings. The van der Waals surface area contributed by atoms with Gasteiger partial charge in [-0.3, -0.25) is 0 Å². The van der Waals surface area contributed by atoms with Gasteiger partial charge in [-0.2, -0.15) is 26.3 Å². The Morgan fingerprint density at radius 2 is 1.32 bits per heavy atom. The lowest BCUT2D eigenvalue weighted by atomic mass is 9.56. The summed E-state index contributed by atoms with van der Waals surface area (Å²) < 4.78 is 120. The van der Waals surface area contributed by atoms with Crippen molar-refractivity contribution in [1.29, 1.82) is 0 Å². The van der Waals surface area contributed by atoms with Crippen molar-refractivity contribution in [2.75, 3.05) is 6.61 Å². The Hall–Kier alpha value is -1.69. The number of nitrogens with zero attached hydrogens (tertiary/aromatic N) is 1. The van der Waals surface area contributed by atoms with E-state index in [9.17, 15) is 13.2 Å². The zero-order chi connectivity index (χ0) is 35.9. The van der Waals surface area contributed by atoms with E-state index in [4.69, 9.17) is 43.2 Å². The zero-order valence-corrected chi connectivity index (χ0v) is 28.9. The van der Waals surface area contributed by atoms with Gasteiger partial charge in [0.05, 0.1) is 0 Å². The number of aliphatic imine (C=N–C) groups is 1. The predicted molar refractivity (Wildman–Crippen MR) is 158 cm³/mol. The monoisotopic (exact) mass is 725 g/mol. The molecule has 10 aliphatic rings. The maximum absolute atomic E-state index is 15.4. The first-order valence-electron chi connectivity index (χ1n) is 17.8. The van der Waals surface area contributed by atoms with Crippen molar-refractivity contribution in [2.24, 2.45) is 46.4 Å². The summed E-state index contributed by atoms with van der Waals surface area (Å²) in [6, 6.07) is 0. The van der Waals surface area contributed by atoms with E-state index in [0.29, 0.717) is 44.9 Å². The van der Waals surface area contributed by atoms with Crippen molar-refractivity contribution in [1.82, 2.24) is 0 Å².